The van der Waals surface area contributed by atoms with Gasteiger partial charge in [0.2, 0.25) is 5.91 Å². The number of esters is 1. The first kappa shape index (κ1) is 60.2. The van der Waals surface area contributed by atoms with Crippen molar-refractivity contribution in [2.45, 2.75) is 281 Å². The highest BCUT2D eigenvalue weighted by atomic mass is 16.7. The zero-order valence-corrected chi connectivity index (χ0v) is 41.0. The summed E-state index contributed by atoms with van der Waals surface area (Å²) in [6, 6.07) is -0.819. The van der Waals surface area contributed by atoms with E-state index in [9.17, 15) is 35.1 Å². The Labute approximate surface area is 391 Å². The van der Waals surface area contributed by atoms with E-state index >= 15 is 0 Å². The van der Waals surface area contributed by atoms with E-state index in [2.05, 4.69) is 31.3 Å². The van der Waals surface area contributed by atoms with Crippen LogP contribution in [0.3, 0.4) is 0 Å². The first-order valence-corrected chi connectivity index (χ1v) is 26.6. The van der Waals surface area contributed by atoms with Gasteiger partial charge in [-0.2, -0.15) is 0 Å². The molecule has 376 valence electrons. The molecule has 0 spiro atoms. The van der Waals surface area contributed by atoms with Gasteiger partial charge in [-0.05, 0) is 57.8 Å². The van der Waals surface area contributed by atoms with Gasteiger partial charge in [0.05, 0.1) is 32.0 Å². The normalized spacial score (nSPS) is 20.0. The summed E-state index contributed by atoms with van der Waals surface area (Å²) in [5, 5.41) is 54.1. The van der Waals surface area contributed by atoms with E-state index in [4.69, 9.17) is 14.2 Å². The van der Waals surface area contributed by atoms with Gasteiger partial charge in [-0.3, -0.25) is 9.59 Å². The summed E-state index contributed by atoms with van der Waals surface area (Å²) in [6.45, 7) is 4.25. The van der Waals surface area contributed by atoms with Gasteiger partial charge >= 0.3 is 5.97 Å². The second kappa shape index (κ2) is 43.7. The second-order valence-corrected chi connectivity index (χ2v) is 18.6. The van der Waals surface area contributed by atoms with Crippen molar-refractivity contribution < 1.29 is 49.3 Å². The molecule has 7 atom stereocenters. The quantitative estimate of drug-likeness (QED) is 0.0196. The molecule has 7 unspecified atom stereocenters. The Morgan fingerprint density at radius 2 is 1.00 bits per heavy atom. The molecule has 11 heteroatoms. The zero-order valence-electron chi connectivity index (χ0n) is 41.0. The van der Waals surface area contributed by atoms with Gasteiger partial charge in [-0.25, -0.2) is 0 Å². The fourth-order valence-corrected chi connectivity index (χ4v) is 8.25. The Hall–Kier alpha value is -1.86. The number of unbranched alkanes of at least 4 members (excludes halogenated alkanes) is 29. The van der Waals surface area contributed by atoms with Gasteiger partial charge < -0.3 is 45.1 Å². The minimum atomic E-state index is -1.57. The van der Waals surface area contributed by atoms with Crippen molar-refractivity contribution >= 4 is 11.9 Å². The maximum absolute atomic E-state index is 13.0. The predicted octanol–water partition coefficient (Wildman–Crippen LogP) is 11.0. The number of aliphatic hydroxyl groups is 5. The van der Waals surface area contributed by atoms with Crippen LogP contribution < -0.4 is 5.32 Å². The van der Waals surface area contributed by atoms with Gasteiger partial charge in [0.1, 0.15) is 24.4 Å². The van der Waals surface area contributed by atoms with Crippen LogP contribution in [0, 0.1) is 0 Å². The molecule has 11 nitrogen and oxygen atoms in total. The van der Waals surface area contributed by atoms with Crippen LogP contribution in [-0.4, -0.2) is 100 Å². The molecular weight excluding hydrogens is 811 g/mol. The van der Waals surface area contributed by atoms with Crippen molar-refractivity contribution in [2.24, 2.45) is 0 Å². The first-order valence-electron chi connectivity index (χ1n) is 26.6. The number of amides is 1. The lowest BCUT2D eigenvalue weighted by Crippen LogP contribution is -2.60. The Bertz CT molecular complexity index is 1120. The highest BCUT2D eigenvalue weighted by molar-refractivity contribution is 5.76. The predicted molar refractivity (Wildman–Crippen MR) is 260 cm³/mol. The molecule has 1 aliphatic heterocycles. The largest absolute Gasteiger partial charge is 0.466 e. The molecule has 1 amide bonds. The number of rotatable bonds is 45. The van der Waals surface area contributed by atoms with Crippen molar-refractivity contribution in [1.82, 2.24) is 5.32 Å². The third-order valence-electron chi connectivity index (χ3n) is 12.6. The number of carbonyl (C=O) groups is 2. The molecule has 0 aliphatic carbocycles. The molecule has 1 heterocycles. The molecule has 0 radical (unpaired) electrons. The van der Waals surface area contributed by atoms with Crippen molar-refractivity contribution in [3.63, 3.8) is 0 Å². The van der Waals surface area contributed by atoms with Crippen LogP contribution in [0.5, 0.6) is 0 Å². The highest BCUT2D eigenvalue weighted by Crippen LogP contribution is 2.23. The van der Waals surface area contributed by atoms with Gasteiger partial charge in [0.25, 0.3) is 0 Å². The number of carbonyl (C=O) groups excluding carboxylic acids is 2. The minimum absolute atomic E-state index is 0.0292. The minimum Gasteiger partial charge on any atom is -0.466 e. The van der Waals surface area contributed by atoms with E-state index in [0.717, 1.165) is 83.5 Å². The SMILES string of the molecule is CCCCCCCCC/C=C/C(O)C(COC1OC(CO)C(O)C(O)C1O)NC(=O)CCCCCCCCC/C=C\CCCCCCOC(=O)CCCCCCCCCCCCCC. The Balaban J connectivity index is 2.12. The van der Waals surface area contributed by atoms with Crippen molar-refractivity contribution in [2.75, 3.05) is 19.8 Å². The van der Waals surface area contributed by atoms with Crippen molar-refractivity contribution in [1.29, 1.82) is 0 Å². The van der Waals surface area contributed by atoms with E-state index in [1.807, 2.05) is 6.08 Å². The fraction of sp³-hybridized carbons (Fsp3) is 0.887. The number of nitrogens with one attached hydrogen (secondary N) is 1. The molecule has 0 aromatic rings. The number of aliphatic hydroxyl groups excluding tert-OH is 5. The number of hydrogen-bond acceptors (Lipinski definition) is 10. The standard InChI is InChI=1S/C53H99NO10/c1-3-5-7-9-11-13-14-21-25-29-33-37-41-49(58)62-42-38-34-30-26-22-19-17-15-16-18-20-24-28-32-36-40-48(57)54-45(46(56)39-35-31-27-23-12-10-8-6-4-2)44-63-53-52(61)51(60)50(59)47(43-55)64-53/h17,19,35,39,45-47,50-53,55-56,59-61H,3-16,18,20-34,36-38,40-44H2,1-2H3,(H,54,57)/b19-17-,39-35+. The number of hydrogen-bond donors (Lipinski definition) is 6. The number of ether oxygens (including phenoxy) is 3. The van der Waals surface area contributed by atoms with Crippen molar-refractivity contribution in [3.8, 4) is 0 Å². The van der Waals surface area contributed by atoms with E-state index in [1.165, 1.54) is 128 Å². The van der Waals surface area contributed by atoms with E-state index in [1.54, 1.807) is 6.08 Å². The Kier molecular flexibility index (Phi) is 41.1. The summed E-state index contributed by atoms with van der Waals surface area (Å²) in [5.41, 5.74) is 0. The number of allylic oxidation sites excluding steroid dienone is 3. The fourth-order valence-electron chi connectivity index (χ4n) is 8.25. The van der Waals surface area contributed by atoms with Crippen LogP contribution in [0.4, 0.5) is 0 Å². The van der Waals surface area contributed by atoms with Gasteiger partial charge in [0.15, 0.2) is 6.29 Å². The van der Waals surface area contributed by atoms with Crippen molar-refractivity contribution in [3.05, 3.63) is 24.3 Å². The molecular formula is C53H99NO10. The lowest BCUT2D eigenvalue weighted by Gasteiger charge is -2.40. The lowest BCUT2D eigenvalue weighted by molar-refractivity contribution is -0.302. The average Bonchev–Trinajstić information content (AvgIpc) is 3.29. The first-order chi connectivity index (χ1) is 31.2. The van der Waals surface area contributed by atoms with Crippen LogP contribution in [0.1, 0.15) is 239 Å². The van der Waals surface area contributed by atoms with Crippen LogP contribution in [0.15, 0.2) is 24.3 Å². The molecule has 1 fully saturated rings. The summed E-state index contributed by atoms with van der Waals surface area (Å²) in [7, 11) is 0. The maximum Gasteiger partial charge on any atom is 0.305 e. The van der Waals surface area contributed by atoms with Gasteiger partial charge in [-0.15, -0.1) is 0 Å². The lowest BCUT2D eigenvalue weighted by atomic mass is 9.99. The summed E-state index contributed by atoms with van der Waals surface area (Å²) >= 11 is 0. The summed E-state index contributed by atoms with van der Waals surface area (Å²) in [6.07, 6.45) is 39.8. The van der Waals surface area contributed by atoms with E-state index < -0.39 is 49.5 Å². The molecule has 0 aromatic carbocycles. The zero-order chi connectivity index (χ0) is 46.7. The summed E-state index contributed by atoms with van der Waals surface area (Å²) < 4.78 is 16.6. The molecule has 64 heavy (non-hydrogen) atoms. The Morgan fingerprint density at radius 1 is 0.562 bits per heavy atom. The van der Waals surface area contributed by atoms with Crippen LogP contribution in [-0.2, 0) is 23.8 Å². The van der Waals surface area contributed by atoms with E-state index in [-0.39, 0.29) is 18.5 Å². The van der Waals surface area contributed by atoms with Gasteiger partial charge in [-0.1, -0.05) is 192 Å². The third kappa shape index (κ3) is 33.6. The molecule has 0 bridgehead atoms. The molecule has 1 rings (SSSR count). The smallest absolute Gasteiger partial charge is 0.305 e. The molecule has 1 aliphatic rings. The highest BCUT2D eigenvalue weighted by Gasteiger charge is 2.44. The van der Waals surface area contributed by atoms with Crippen LogP contribution >= 0.6 is 0 Å². The molecule has 6 N–H and O–H groups in total. The van der Waals surface area contributed by atoms with Crippen LogP contribution in [0.25, 0.3) is 0 Å². The third-order valence-corrected chi connectivity index (χ3v) is 12.6. The molecule has 0 saturated carbocycles. The summed E-state index contributed by atoms with van der Waals surface area (Å²) in [5.74, 6) is -0.229. The maximum atomic E-state index is 13.0. The topological polar surface area (TPSA) is 175 Å². The average molecular weight is 910 g/mol. The monoisotopic (exact) mass is 910 g/mol. The molecule has 1 saturated heterocycles. The van der Waals surface area contributed by atoms with E-state index in [0.29, 0.717) is 19.4 Å². The van der Waals surface area contributed by atoms with Gasteiger partial charge in [0, 0.05) is 12.8 Å². The van der Waals surface area contributed by atoms with Crippen LogP contribution in [0.2, 0.25) is 0 Å². The Morgan fingerprint density at radius 3 is 1.50 bits per heavy atom. The summed E-state index contributed by atoms with van der Waals surface area (Å²) in [4.78, 5) is 25.0. The second-order valence-electron chi connectivity index (χ2n) is 18.6. The molecule has 0 aromatic heterocycles.